The second-order valence-electron chi connectivity index (χ2n) is 6.65. The first-order valence-electron chi connectivity index (χ1n) is 7.04. The van der Waals surface area contributed by atoms with Crippen molar-refractivity contribution in [3.05, 3.63) is 17.5 Å². The second-order valence-corrected chi connectivity index (χ2v) is 6.65. The van der Waals surface area contributed by atoms with Gasteiger partial charge in [-0.1, -0.05) is 5.16 Å². The Morgan fingerprint density at radius 1 is 1.25 bits per heavy atom. The number of rotatable bonds is 8. The number of ether oxygens (including phenoxy) is 2. The molecule has 0 bridgehead atoms. The molecule has 1 rings (SSSR count). The maximum Gasteiger partial charge on any atom is 0.162 e. The molecular weight excluding hydrogens is 256 g/mol. The fraction of sp³-hybridized carbons (Fsp3) is 0.800. The minimum absolute atomic E-state index is 0.0708. The summed E-state index contributed by atoms with van der Waals surface area (Å²) in [4.78, 5) is 0. The van der Waals surface area contributed by atoms with Gasteiger partial charge in [0.05, 0.1) is 11.3 Å². The Morgan fingerprint density at radius 2 is 1.95 bits per heavy atom. The summed E-state index contributed by atoms with van der Waals surface area (Å²) in [6.45, 7) is 12.2. The van der Waals surface area contributed by atoms with Gasteiger partial charge >= 0.3 is 0 Å². The molecule has 0 aliphatic rings. The molecule has 0 spiro atoms. The highest BCUT2D eigenvalue weighted by atomic mass is 16.5. The van der Waals surface area contributed by atoms with E-state index in [0.29, 0.717) is 19.8 Å². The summed E-state index contributed by atoms with van der Waals surface area (Å²) in [6, 6.07) is 1.93. The van der Waals surface area contributed by atoms with Gasteiger partial charge in [-0.2, -0.15) is 0 Å². The molecule has 0 aromatic carbocycles. The van der Waals surface area contributed by atoms with Gasteiger partial charge in [-0.15, -0.1) is 0 Å². The third-order valence-corrected chi connectivity index (χ3v) is 3.05. The van der Waals surface area contributed by atoms with Crippen molar-refractivity contribution >= 4 is 0 Å². The van der Waals surface area contributed by atoms with Crippen LogP contribution in [0.2, 0.25) is 0 Å². The van der Waals surface area contributed by atoms with Gasteiger partial charge in [0, 0.05) is 31.9 Å². The highest BCUT2D eigenvalue weighted by molar-refractivity contribution is 5.04. The van der Waals surface area contributed by atoms with Crippen molar-refractivity contribution in [3.63, 3.8) is 0 Å². The lowest BCUT2D eigenvalue weighted by Crippen LogP contribution is -2.35. The first-order chi connectivity index (χ1) is 9.22. The molecule has 1 aromatic rings. The van der Waals surface area contributed by atoms with E-state index in [2.05, 4.69) is 31.2 Å². The van der Waals surface area contributed by atoms with Crippen LogP contribution in [0.25, 0.3) is 0 Å². The Hall–Kier alpha value is -0.910. The zero-order valence-electron chi connectivity index (χ0n) is 13.6. The van der Waals surface area contributed by atoms with Crippen LogP contribution < -0.4 is 5.32 Å². The van der Waals surface area contributed by atoms with E-state index in [4.69, 9.17) is 14.0 Å². The first kappa shape index (κ1) is 17.1. The van der Waals surface area contributed by atoms with E-state index in [1.807, 2.05) is 19.9 Å². The quantitative estimate of drug-likeness (QED) is 0.744. The Bertz CT molecular complexity index is 394. The molecule has 5 nitrogen and oxygen atoms in total. The number of aromatic nitrogens is 1. The van der Waals surface area contributed by atoms with Gasteiger partial charge < -0.3 is 19.3 Å². The Morgan fingerprint density at radius 3 is 2.55 bits per heavy atom. The number of methoxy groups -OCH3 is 1. The lowest BCUT2D eigenvalue weighted by molar-refractivity contribution is -0.0148. The Kier molecular flexibility index (Phi) is 6.17. The molecule has 0 aliphatic carbocycles. The summed E-state index contributed by atoms with van der Waals surface area (Å²) in [6.07, 6.45) is 0.843. The van der Waals surface area contributed by atoms with Crippen LogP contribution in [0, 0.1) is 0 Å². The molecule has 20 heavy (non-hydrogen) atoms. The van der Waals surface area contributed by atoms with E-state index in [9.17, 15) is 0 Å². The average molecular weight is 284 g/mol. The third kappa shape index (κ3) is 7.03. The maximum atomic E-state index is 5.58. The molecule has 1 heterocycles. The fourth-order valence-electron chi connectivity index (χ4n) is 1.46. The van der Waals surface area contributed by atoms with Crippen molar-refractivity contribution in [2.24, 2.45) is 0 Å². The third-order valence-electron chi connectivity index (χ3n) is 3.05. The van der Waals surface area contributed by atoms with Crippen molar-refractivity contribution in [1.82, 2.24) is 10.5 Å². The molecule has 0 unspecified atom stereocenters. The Labute approximate surface area is 122 Å². The number of hydrogen-bond donors (Lipinski definition) is 1. The van der Waals surface area contributed by atoms with Gasteiger partial charge in [-0.3, -0.25) is 0 Å². The molecule has 5 heteroatoms. The van der Waals surface area contributed by atoms with Gasteiger partial charge in [0.1, 0.15) is 6.61 Å². The normalized spacial score (nSPS) is 12.9. The van der Waals surface area contributed by atoms with E-state index in [-0.39, 0.29) is 11.1 Å². The number of hydrogen-bond acceptors (Lipinski definition) is 5. The molecule has 0 fully saturated rings. The van der Waals surface area contributed by atoms with Gasteiger partial charge in [0.15, 0.2) is 5.76 Å². The standard InChI is InChI=1S/C15H28N2O3/c1-14(2,3)16-10-12-9-13(20-17-12)11-19-8-7-15(4,5)18-6/h9,16H,7-8,10-11H2,1-6H3. The number of nitrogens with zero attached hydrogens (tertiary/aromatic N) is 1. The minimum Gasteiger partial charge on any atom is -0.379 e. The molecule has 0 amide bonds. The van der Waals surface area contributed by atoms with Crippen LogP contribution in [0.4, 0.5) is 0 Å². The fourth-order valence-corrected chi connectivity index (χ4v) is 1.46. The van der Waals surface area contributed by atoms with Crippen LogP contribution >= 0.6 is 0 Å². The largest absolute Gasteiger partial charge is 0.379 e. The molecule has 0 aliphatic heterocycles. The summed E-state index contributed by atoms with van der Waals surface area (Å²) < 4.78 is 16.2. The highest BCUT2D eigenvalue weighted by Crippen LogP contribution is 2.13. The van der Waals surface area contributed by atoms with E-state index in [1.165, 1.54) is 0 Å². The molecule has 0 saturated carbocycles. The van der Waals surface area contributed by atoms with Crippen molar-refractivity contribution < 1.29 is 14.0 Å². The van der Waals surface area contributed by atoms with Crippen LogP contribution in [0.5, 0.6) is 0 Å². The predicted molar refractivity (Wildman–Crippen MR) is 78.5 cm³/mol. The van der Waals surface area contributed by atoms with Gasteiger partial charge in [0.25, 0.3) is 0 Å². The first-order valence-corrected chi connectivity index (χ1v) is 7.04. The van der Waals surface area contributed by atoms with Crippen LogP contribution in [0.15, 0.2) is 10.6 Å². The molecular formula is C15H28N2O3. The smallest absolute Gasteiger partial charge is 0.162 e. The van der Waals surface area contributed by atoms with Crippen molar-refractivity contribution in [3.8, 4) is 0 Å². The monoisotopic (exact) mass is 284 g/mol. The average Bonchev–Trinajstić information content (AvgIpc) is 2.79. The van der Waals surface area contributed by atoms with E-state index >= 15 is 0 Å². The zero-order chi connectivity index (χ0) is 15.2. The lowest BCUT2D eigenvalue weighted by Gasteiger charge is -2.22. The van der Waals surface area contributed by atoms with Crippen LogP contribution in [-0.2, 0) is 22.6 Å². The zero-order valence-corrected chi connectivity index (χ0v) is 13.6. The summed E-state index contributed by atoms with van der Waals surface area (Å²) in [5.74, 6) is 0.755. The molecule has 0 saturated heterocycles. The molecule has 1 N–H and O–H groups in total. The molecule has 0 radical (unpaired) electrons. The van der Waals surface area contributed by atoms with E-state index < -0.39 is 0 Å². The predicted octanol–water partition coefficient (Wildman–Crippen LogP) is 2.89. The van der Waals surface area contributed by atoms with E-state index in [0.717, 1.165) is 17.9 Å². The summed E-state index contributed by atoms with van der Waals surface area (Å²) in [7, 11) is 1.71. The van der Waals surface area contributed by atoms with Crippen molar-refractivity contribution in [2.75, 3.05) is 13.7 Å². The van der Waals surface area contributed by atoms with Crippen LogP contribution in [0.3, 0.4) is 0 Å². The lowest BCUT2D eigenvalue weighted by atomic mass is 10.1. The minimum atomic E-state index is -0.150. The van der Waals surface area contributed by atoms with Crippen LogP contribution in [0.1, 0.15) is 52.5 Å². The second kappa shape index (κ2) is 7.20. The van der Waals surface area contributed by atoms with Gasteiger partial charge in [0.2, 0.25) is 0 Å². The Balaban J connectivity index is 2.27. The van der Waals surface area contributed by atoms with Gasteiger partial charge in [-0.05, 0) is 41.0 Å². The topological polar surface area (TPSA) is 56.5 Å². The van der Waals surface area contributed by atoms with Crippen LogP contribution in [-0.4, -0.2) is 30.0 Å². The molecule has 116 valence electrons. The van der Waals surface area contributed by atoms with Crippen molar-refractivity contribution in [1.29, 1.82) is 0 Å². The highest BCUT2D eigenvalue weighted by Gasteiger charge is 2.16. The summed E-state index contributed by atoms with van der Waals surface area (Å²) >= 11 is 0. The number of nitrogens with one attached hydrogen (secondary N) is 1. The summed E-state index contributed by atoms with van der Waals surface area (Å²) in [5, 5.41) is 7.39. The van der Waals surface area contributed by atoms with Gasteiger partial charge in [-0.25, -0.2) is 0 Å². The maximum absolute atomic E-state index is 5.58. The summed E-state index contributed by atoms with van der Waals surface area (Å²) in [5.41, 5.74) is 0.820. The van der Waals surface area contributed by atoms with Crippen molar-refractivity contribution in [2.45, 2.75) is 65.3 Å². The van der Waals surface area contributed by atoms with E-state index in [1.54, 1.807) is 7.11 Å². The molecule has 0 atom stereocenters. The SMILES string of the molecule is COC(C)(C)CCOCc1cc(CNC(C)(C)C)no1. The molecule has 1 aromatic heterocycles.